The van der Waals surface area contributed by atoms with Crippen LogP contribution < -0.4 is 4.90 Å². The lowest BCUT2D eigenvalue weighted by Gasteiger charge is -2.33. The fraction of sp³-hybridized carbons (Fsp3) is 0.440. The van der Waals surface area contributed by atoms with Crippen molar-refractivity contribution in [3.8, 4) is 11.3 Å². The van der Waals surface area contributed by atoms with E-state index in [0.29, 0.717) is 29.5 Å². The maximum atomic E-state index is 13.6. The zero-order valence-corrected chi connectivity index (χ0v) is 20.1. The number of aromatic nitrogens is 1. The highest BCUT2D eigenvalue weighted by atomic mass is 32.1. The Labute approximate surface area is 202 Å². The number of hydrogen-bond acceptors (Lipinski definition) is 7. The first-order chi connectivity index (χ1) is 16.6. The van der Waals surface area contributed by atoms with Crippen LogP contribution in [0.4, 0.5) is 10.3 Å². The van der Waals surface area contributed by atoms with E-state index in [1.54, 1.807) is 12.1 Å². The van der Waals surface area contributed by atoms with Crippen LogP contribution in [0, 0.1) is 5.82 Å². The number of benzene rings is 1. The summed E-state index contributed by atoms with van der Waals surface area (Å²) in [6, 6.07) is 9.99. The summed E-state index contributed by atoms with van der Waals surface area (Å²) in [6.07, 6.45) is 1.96. The normalized spacial score (nSPS) is 19.0. The number of hydrogen-bond donors (Lipinski definition) is 0. The molecule has 1 amide bonds. The number of amides is 1. The van der Waals surface area contributed by atoms with Crippen LogP contribution in [0.15, 0.2) is 46.3 Å². The monoisotopic (exact) mass is 484 g/mol. The number of halogens is 1. The van der Waals surface area contributed by atoms with Gasteiger partial charge in [-0.1, -0.05) is 11.2 Å². The molecule has 2 aliphatic rings. The van der Waals surface area contributed by atoms with Gasteiger partial charge in [-0.25, -0.2) is 4.39 Å². The summed E-state index contributed by atoms with van der Waals surface area (Å²) in [4.78, 5) is 20.5. The maximum Gasteiger partial charge on any atom is 0.264 e. The molecule has 0 radical (unpaired) electrons. The SMILES string of the molecule is CN1CCN(c2onc(-c3ccc(F)cc3)c2CN(CC2CCCO2)C(=O)c2cccs2)CC1. The predicted octanol–water partition coefficient (Wildman–Crippen LogP) is 4.12. The van der Waals surface area contributed by atoms with Crippen molar-refractivity contribution < 1.29 is 18.4 Å². The average molecular weight is 485 g/mol. The lowest BCUT2D eigenvalue weighted by Crippen LogP contribution is -2.45. The number of carbonyl (C=O) groups excluding carboxylic acids is 1. The summed E-state index contributed by atoms with van der Waals surface area (Å²) in [6.45, 7) is 5.03. The number of anilines is 1. The molecule has 2 fully saturated rings. The van der Waals surface area contributed by atoms with Crippen LogP contribution >= 0.6 is 11.3 Å². The number of ether oxygens (including phenoxy) is 1. The zero-order chi connectivity index (χ0) is 23.5. The van der Waals surface area contributed by atoms with Crippen molar-refractivity contribution in [3.63, 3.8) is 0 Å². The van der Waals surface area contributed by atoms with Crippen LogP contribution in [0.3, 0.4) is 0 Å². The summed E-state index contributed by atoms with van der Waals surface area (Å²) in [5, 5.41) is 6.31. The summed E-state index contributed by atoms with van der Waals surface area (Å²) >= 11 is 1.44. The average Bonchev–Trinajstić information content (AvgIpc) is 3.62. The van der Waals surface area contributed by atoms with E-state index in [1.165, 1.54) is 23.5 Å². The van der Waals surface area contributed by atoms with Crippen LogP contribution in [0.1, 0.15) is 28.1 Å². The third kappa shape index (κ3) is 5.01. The van der Waals surface area contributed by atoms with Crippen molar-refractivity contribution in [1.29, 1.82) is 0 Å². The first kappa shape index (κ1) is 23.0. The van der Waals surface area contributed by atoms with Gasteiger partial charge >= 0.3 is 0 Å². The quantitative estimate of drug-likeness (QED) is 0.503. The van der Waals surface area contributed by atoms with E-state index in [0.717, 1.165) is 56.8 Å². The summed E-state index contributed by atoms with van der Waals surface area (Å²) in [5.74, 6) is 0.353. The van der Waals surface area contributed by atoms with E-state index < -0.39 is 0 Å². The molecule has 0 aliphatic carbocycles. The van der Waals surface area contributed by atoms with E-state index >= 15 is 0 Å². The Morgan fingerprint density at radius 3 is 2.68 bits per heavy atom. The van der Waals surface area contributed by atoms with Crippen LogP contribution in [0.25, 0.3) is 11.3 Å². The number of carbonyl (C=O) groups is 1. The number of rotatable bonds is 7. The Hall–Kier alpha value is -2.75. The van der Waals surface area contributed by atoms with Gasteiger partial charge in [0.1, 0.15) is 11.5 Å². The second-order valence-electron chi connectivity index (χ2n) is 8.91. The third-order valence-corrected chi connectivity index (χ3v) is 7.35. The van der Waals surface area contributed by atoms with Crippen molar-refractivity contribution in [2.24, 2.45) is 0 Å². The molecule has 34 heavy (non-hydrogen) atoms. The minimum atomic E-state index is -0.305. The minimum Gasteiger partial charge on any atom is -0.376 e. The molecule has 3 aromatic rings. The predicted molar refractivity (Wildman–Crippen MR) is 130 cm³/mol. The second-order valence-corrected chi connectivity index (χ2v) is 9.86. The van der Waals surface area contributed by atoms with Gasteiger partial charge in [0, 0.05) is 44.9 Å². The molecule has 180 valence electrons. The third-order valence-electron chi connectivity index (χ3n) is 6.49. The molecule has 2 aliphatic heterocycles. The smallest absolute Gasteiger partial charge is 0.264 e. The molecule has 0 saturated carbocycles. The highest BCUT2D eigenvalue weighted by Crippen LogP contribution is 2.34. The fourth-order valence-corrected chi connectivity index (χ4v) is 5.23. The van der Waals surface area contributed by atoms with E-state index in [4.69, 9.17) is 9.26 Å². The molecule has 2 aromatic heterocycles. The molecule has 0 spiro atoms. The highest BCUT2D eigenvalue weighted by molar-refractivity contribution is 7.12. The van der Waals surface area contributed by atoms with Crippen molar-refractivity contribution in [2.75, 3.05) is 51.3 Å². The van der Waals surface area contributed by atoms with Gasteiger partial charge in [-0.15, -0.1) is 11.3 Å². The van der Waals surface area contributed by atoms with Crippen molar-refractivity contribution in [1.82, 2.24) is 15.0 Å². The van der Waals surface area contributed by atoms with Crippen molar-refractivity contribution >= 4 is 23.1 Å². The topological polar surface area (TPSA) is 62.1 Å². The Kier molecular flexibility index (Phi) is 6.94. The molecule has 1 atom stereocenters. The Morgan fingerprint density at radius 2 is 2.00 bits per heavy atom. The summed E-state index contributed by atoms with van der Waals surface area (Å²) in [7, 11) is 2.10. The van der Waals surface area contributed by atoms with Gasteiger partial charge < -0.3 is 24.0 Å². The van der Waals surface area contributed by atoms with Gasteiger partial charge in [0.05, 0.1) is 23.1 Å². The van der Waals surface area contributed by atoms with Gasteiger partial charge in [0.25, 0.3) is 5.91 Å². The second kappa shape index (κ2) is 10.2. The molecule has 0 N–H and O–H groups in total. The number of likely N-dealkylation sites (N-methyl/N-ethyl adjacent to an activating group) is 1. The molecule has 1 aromatic carbocycles. The van der Waals surface area contributed by atoms with E-state index in [-0.39, 0.29) is 17.8 Å². The van der Waals surface area contributed by atoms with Crippen molar-refractivity contribution in [3.05, 3.63) is 58.0 Å². The Morgan fingerprint density at radius 1 is 1.21 bits per heavy atom. The van der Waals surface area contributed by atoms with Crippen LogP contribution in [-0.2, 0) is 11.3 Å². The van der Waals surface area contributed by atoms with Crippen LogP contribution in [-0.4, -0.2) is 73.3 Å². The largest absolute Gasteiger partial charge is 0.376 e. The fourth-order valence-electron chi connectivity index (χ4n) is 4.54. The summed E-state index contributed by atoms with van der Waals surface area (Å²) in [5.41, 5.74) is 2.26. The highest BCUT2D eigenvalue weighted by Gasteiger charge is 2.30. The van der Waals surface area contributed by atoms with Crippen LogP contribution in [0.2, 0.25) is 0 Å². The standard InChI is InChI=1S/C25H29FN4O3S/c1-28-10-12-29(13-11-28)25-21(23(27-33-25)18-6-8-19(26)9-7-18)17-30(16-20-4-2-14-32-20)24(31)22-5-3-15-34-22/h3,5-9,15,20H,2,4,10-14,16-17H2,1H3. The van der Waals surface area contributed by atoms with Gasteiger partial charge in [0.2, 0.25) is 5.88 Å². The molecule has 9 heteroatoms. The molecule has 7 nitrogen and oxygen atoms in total. The van der Waals surface area contributed by atoms with Gasteiger partial charge in [-0.2, -0.15) is 0 Å². The number of nitrogens with zero attached hydrogens (tertiary/aromatic N) is 4. The Balaban J connectivity index is 1.50. The molecule has 2 saturated heterocycles. The minimum absolute atomic E-state index is 0.0186. The molecule has 1 unspecified atom stereocenters. The van der Waals surface area contributed by atoms with Crippen molar-refractivity contribution in [2.45, 2.75) is 25.5 Å². The van der Waals surface area contributed by atoms with Gasteiger partial charge in [-0.3, -0.25) is 4.79 Å². The lowest BCUT2D eigenvalue weighted by atomic mass is 10.1. The maximum absolute atomic E-state index is 13.6. The van der Waals surface area contributed by atoms with E-state index in [9.17, 15) is 9.18 Å². The number of piperazine rings is 1. The molecule has 4 heterocycles. The molecular weight excluding hydrogens is 455 g/mol. The van der Waals surface area contributed by atoms with Gasteiger partial charge in [0.15, 0.2) is 0 Å². The molecule has 0 bridgehead atoms. The first-order valence-electron chi connectivity index (χ1n) is 11.7. The van der Waals surface area contributed by atoms with E-state index in [2.05, 4.69) is 22.0 Å². The molecule has 5 rings (SSSR count). The first-order valence-corrected chi connectivity index (χ1v) is 12.6. The molecular formula is C25H29FN4O3S. The zero-order valence-electron chi connectivity index (χ0n) is 19.3. The van der Waals surface area contributed by atoms with Gasteiger partial charge in [-0.05, 0) is 55.6 Å². The van der Waals surface area contributed by atoms with Crippen LogP contribution in [0.5, 0.6) is 0 Å². The Bertz CT molecular complexity index is 1090. The number of thiophene rings is 1. The summed E-state index contributed by atoms with van der Waals surface area (Å²) < 4.78 is 25.4. The van der Waals surface area contributed by atoms with E-state index in [1.807, 2.05) is 22.4 Å². The lowest BCUT2D eigenvalue weighted by molar-refractivity contribution is 0.0511.